The number of rotatable bonds is 4. The molecule has 0 aliphatic carbocycles. The van der Waals surface area contributed by atoms with Gasteiger partial charge in [0.2, 0.25) is 0 Å². The minimum absolute atomic E-state index is 0.0208. The molecular weight excluding hydrogens is 302 g/mol. The van der Waals surface area contributed by atoms with Crippen molar-refractivity contribution < 1.29 is 9.72 Å². The van der Waals surface area contributed by atoms with E-state index in [4.69, 9.17) is 5.73 Å². The molecule has 1 amide bonds. The van der Waals surface area contributed by atoms with E-state index in [1.807, 2.05) is 0 Å². The Labute approximate surface area is 113 Å². The van der Waals surface area contributed by atoms with E-state index >= 15 is 0 Å². The Morgan fingerprint density at radius 2 is 2.17 bits per heavy atom. The molecule has 7 heteroatoms. The first kappa shape index (κ1) is 14.6. The van der Waals surface area contributed by atoms with E-state index < -0.39 is 16.4 Å². The van der Waals surface area contributed by atoms with Crippen LogP contribution in [0.2, 0.25) is 0 Å². The summed E-state index contributed by atoms with van der Waals surface area (Å²) in [6.45, 7) is 3.74. The molecule has 1 aromatic rings. The Hall–Kier alpha value is -1.47. The summed E-state index contributed by atoms with van der Waals surface area (Å²) in [5.74, 6) is -0.507. The van der Waals surface area contributed by atoms with Gasteiger partial charge in [0.15, 0.2) is 0 Å². The van der Waals surface area contributed by atoms with E-state index in [1.54, 1.807) is 19.9 Å². The number of nitrogens with two attached hydrogens (primary N) is 1. The molecule has 0 bridgehead atoms. The molecule has 0 fully saturated rings. The number of nitrogens with zero attached hydrogens (tertiary/aromatic N) is 1. The number of hydrogen-bond donors (Lipinski definition) is 2. The summed E-state index contributed by atoms with van der Waals surface area (Å²) < 4.78 is 0.546. The maximum absolute atomic E-state index is 11.8. The van der Waals surface area contributed by atoms with E-state index in [9.17, 15) is 14.9 Å². The second-order valence-electron chi connectivity index (χ2n) is 4.59. The number of halogens is 1. The Balaban J connectivity index is 2.95. The van der Waals surface area contributed by atoms with Gasteiger partial charge in [0.25, 0.3) is 11.6 Å². The van der Waals surface area contributed by atoms with Crippen molar-refractivity contribution in [2.24, 2.45) is 5.73 Å². The van der Waals surface area contributed by atoms with E-state index in [2.05, 4.69) is 21.2 Å². The third-order valence-corrected chi connectivity index (χ3v) is 2.60. The maximum atomic E-state index is 11.8. The second-order valence-corrected chi connectivity index (χ2v) is 5.51. The quantitative estimate of drug-likeness (QED) is 0.654. The van der Waals surface area contributed by atoms with Gasteiger partial charge < -0.3 is 11.1 Å². The van der Waals surface area contributed by atoms with Crippen LogP contribution in [-0.4, -0.2) is 22.9 Å². The van der Waals surface area contributed by atoms with E-state index in [1.165, 1.54) is 12.1 Å². The predicted molar refractivity (Wildman–Crippen MR) is 71.4 cm³/mol. The molecular formula is C11H14BrN3O3. The van der Waals surface area contributed by atoms with Crippen LogP contribution in [-0.2, 0) is 0 Å². The monoisotopic (exact) mass is 315 g/mol. The molecule has 18 heavy (non-hydrogen) atoms. The van der Waals surface area contributed by atoms with Gasteiger partial charge in [-0.2, -0.15) is 0 Å². The highest BCUT2D eigenvalue weighted by Crippen LogP contribution is 2.23. The lowest BCUT2D eigenvalue weighted by Gasteiger charge is -2.18. The highest BCUT2D eigenvalue weighted by Gasteiger charge is 2.21. The summed E-state index contributed by atoms with van der Waals surface area (Å²) in [7, 11) is 0. The first-order valence-corrected chi connectivity index (χ1v) is 6.01. The number of nitrogens with one attached hydrogen (secondary N) is 1. The molecule has 98 valence electrons. The molecule has 1 rings (SSSR count). The summed E-state index contributed by atoms with van der Waals surface area (Å²) in [5.41, 5.74) is 4.94. The molecule has 0 unspecified atom stereocenters. The number of amides is 1. The molecule has 0 atom stereocenters. The van der Waals surface area contributed by atoms with Crippen LogP contribution in [0.4, 0.5) is 5.69 Å². The number of nitro groups is 1. The fraction of sp³-hybridized carbons (Fsp3) is 0.364. The molecule has 0 saturated carbocycles. The predicted octanol–water partition coefficient (Wildman–Crippen LogP) is 1.82. The van der Waals surface area contributed by atoms with E-state index in [-0.39, 0.29) is 17.8 Å². The van der Waals surface area contributed by atoms with Crippen LogP contribution in [0, 0.1) is 10.1 Å². The van der Waals surface area contributed by atoms with Gasteiger partial charge in [-0.05, 0) is 26.0 Å². The van der Waals surface area contributed by atoms with E-state index in [0.29, 0.717) is 4.47 Å². The Kier molecular flexibility index (Phi) is 4.42. The van der Waals surface area contributed by atoms with Gasteiger partial charge in [0.05, 0.1) is 4.92 Å². The number of hydrogen-bond acceptors (Lipinski definition) is 4. The lowest BCUT2D eigenvalue weighted by molar-refractivity contribution is -0.385. The molecule has 0 aromatic heterocycles. The molecule has 0 heterocycles. The summed E-state index contributed by atoms with van der Waals surface area (Å²) >= 11 is 3.13. The molecule has 0 saturated heterocycles. The van der Waals surface area contributed by atoms with Crippen LogP contribution in [0.3, 0.4) is 0 Å². The standard InChI is InChI=1S/C11H14BrN3O3/c1-11(2,13)6-14-10(16)8-4-3-7(12)5-9(8)15(17)18/h3-5H,6,13H2,1-2H3,(H,14,16). The smallest absolute Gasteiger partial charge is 0.283 e. The zero-order chi connectivity index (χ0) is 13.9. The average molecular weight is 316 g/mol. The van der Waals surface area contributed by atoms with Crippen LogP contribution in [0.1, 0.15) is 24.2 Å². The van der Waals surface area contributed by atoms with Crippen LogP contribution in [0.25, 0.3) is 0 Å². The van der Waals surface area contributed by atoms with Gasteiger partial charge in [0.1, 0.15) is 5.56 Å². The third kappa shape index (κ3) is 4.08. The van der Waals surface area contributed by atoms with Crippen molar-refractivity contribution in [3.05, 3.63) is 38.3 Å². The number of benzene rings is 1. The maximum Gasteiger partial charge on any atom is 0.283 e. The minimum Gasteiger partial charge on any atom is -0.350 e. The van der Waals surface area contributed by atoms with Gasteiger partial charge >= 0.3 is 0 Å². The van der Waals surface area contributed by atoms with Crippen molar-refractivity contribution in [3.8, 4) is 0 Å². The van der Waals surface area contributed by atoms with Crippen LogP contribution >= 0.6 is 15.9 Å². The molecule has 0 aliphatic rings. The SMILES string of the molecule is CC(C)(N)CNC(=O)c1ccc(Br)cc1[N+](=O)[O-]. The zero-order valence-electron chi connectivity index (χ0n) is 10.1. The fourth-order valence-electron chi connectivity index (χ4n) is 1.25. The Morgan fingerprint density at radius 3 is 2.67 bits per heavy atom. The topological polar surface area (TPSA) is 98.3 Å². The first-order valence-electron chi connectivity index (χ1n) is 5.22. The van der Waals surface area contributed by atoms with Crippen molar-refractivity contribution >= 4 is 27.5 Å². The lowest BCUT2D eigenvalue weighted by Crippen LogP contribution is -2.45. The molecule has 1 aromatic carbocycles. The summed E-state index contributed by atoms with van der Waals surface area (Å²) in [6.07, 6.45) is 0. The molecule has 0 aliphatic heterocycles. The van der Waals surface area contributed by atoms with Gasteiger partial charge in [-0.1, -0.05) is 15.9 Å². The zero-order valence-corrected chi connectivity index (χ0v) is 11.7. The number of carbonyl (C=O) groups excluding carboxylic acids is 1. The first-order chi connectivity index (χ1) is 8.20. The normalized spacial score (nSPS) is 11.1. The van der Waals surface area contributed by atoms with Gasteiger partial charge in [0, 0.05) is 22.6 Å². The minimum atomic E-state index is -0.590. The van der Waals surface area contributed by atoms with Gasteiger partial charge in [-0.15, -0.1) is 0 Å². The van der Waals surface area contributed by atoms with Crippen LogP contribution in [0.15, 0.2) is 22.7 Å². The fourth-order valence-corrected chi connectivity index (χ4v) is 1.60. The largest absolute Gasteiger partial charge is 0.350 e. The number of nitro benzene ring substituents is 1. The van der Waals surface area contributed by atoms with E-state index in [0.717, 1.165) is 0 Å². The summed E-state index contributed by atoms with van der Waals surface area (Å²) in [4.78, 5) is 22.1. The third-order valence-electron chi connectivity index (χ3n) is 2.11. The molecule has 0 radical (unpaired) electrons. The average Bonchev–Trinajstić information content (AvgIpc) is 2.24. The summed E-state index contributed by atoms with van der Waals surface area (Å²) in [6, 6.07) is 4.28. The van der Waals surface area contributed by atoms with Crippen molar-refractivity contribution in [3.63, 3.8) is 0 Å². The van der Waals surface area contributed by atoms with Gasteiger partial charge in [-0.25, -0.2) is 0 Å². The highest BCUT2D eigenvalue weighted by molar-refractivity contribution is 9.10. The van der Waals surface area contributed by atoms with Gasteiger partial charge in [-0.3, -0.25) is 14.9 Å². The molecule has 3 N–H and O–H groups in total. The van der Waals surface area contributed by atoms with Crippen LogP contribution < -0.4 is 11.1 Å². The summed E-state index contributed by atoms with van der Waals surface area (Å²) in [5, 5.41) is 13.4. The Bertz CT molecular complexity index is 483. The molecule has 0 spiro atoms. The van der Waals surface area contributed by atoms with Crippen molar-refractivity contribution in [2.45, 2.75) is 19.4 Å². The van der Waals surface area contributed by atoms with Crippen molar-refractivity contribution in [1.82, 2.24) is 5.32 Å². The lowest BCUT2D eigenvalue weighted by atomic mass is 10.1. The van der Waals surface area contributed by atoms with Crippen LogP contribution in [0.5, 0.6) is 0 Å². The molecule has 6 nitrogen and oxygen atoms in total. The van der Waals surface area contributed by atoms with Crippen molar-refractivity contribution in [2.75, 3.05) is 6.54 Å². The highest BCUT2D eigenvalue weighted by atomic mass is 79.9. The van der Waals surface area contributed by atoms with Crippen molar-refractivity contribution in [1.29, 1.82) is 0 Å². The Morgan fingerprint density at radius 1 is 1.56 bits per heavy atom. The number of carbonyl (C=O) groups is 1. The second kappa shape index (κ2) is 5.45.